The van der Waals surface area contributed by atoms with Gasteiger partial charge in [-0.25, -0.2) is 0 Å². The molecule has 1 heterocycles. The minimum Gasteiger partial charge on any atom is -0.497 e. The van der Waals surface area contributed by atoms with Crippen molar-refractivity contribution in [3.8, 4) is 11.5 Å². The molecule has 4 nitrogen and oxygen atoms in total. The van der Waals surface area contributed by atoms with E-state index in [-0.39, 0.29) is 12.0 Å². The third-order valence-electron chi connectivity index (χ3n) is 3.57. The van der Waals surface area contributed by atoms with E-state index in [1.807, 2.05) is 62.4 Å². The first-order valence-electron chi connectivity index (χ1n) is 7.55. The van der Waals surface area contributed by atoms with Crippen molar-refractivity contribution in [1.29, 1.82) is 0 Å². The van der Waals surface area contributed by atoms with E-state index >= 15 is 0 Å². The molecule has 1 aliphatic heterocycles. The van der Waals surface area contributed by atoms with E-state index in [9.17, 15) is 4.79 Å². The number of ether oxygens (including phenoxy) is 2. The quantitative estimate of drug-likeness (QED) is 0.869. The molecule has 3 rings (SSSR count). The molecule has 1 amide bonds. The molecule has 2 aromatic rings. The molecule has 0 radical (unpaired) electrons. The summed E-state index contributed by atoms with van der Waals surface area (Å²) in [7, 11) is 1.61. The Morgan fingerprint density at radius 2 is 1.74 bits per heavy atom. The summed E-state index contributed by atoms with van der Waals surface area (Å²) in [6, 6.07) is 13.3. The number of carbonyl (C=O) groups excluding carboxylic acids is 1. The van der Waals surface area contributed by atoms with Crippen LogP contribution in [-0.4, -0.2) is 19.1 Å². The molecule has 1 N–H and O–H groups in total. The van der Waals surface area contributed by atoms with Crippen LogP contribution in [0.4, 0.5) is 5.69 Å². The van der Waals surface area contributed by atoms with Gasteiger partial charge in [-0.05, 0) is 55.8 Å². The Kier molecular flexibility index (Phi) is 4.06. The number of fused-ring (bicyclic) bond motifs is 1. The van der Waals surface area contributed by atoms with E-state index in [0.29, 0.717) is 5.57 Å². The number of methoxy groups -OCH3 is 1. The average molecular weight is 309 g/mol. The molecule has 0 saturated carbocycles. The van der Waals surface area contributed by atoms with Gasteiger partial charge in [-0.3, -0.25) is 4.79 Å². The highest BCUT2D eigenvalue weighted by Crippen LogP contribution is 2.35. The minimum absolute atomic E-state index is 0.101. The second kappa shape index (κ2) is 6.16. The molecule has 4 heteroatoms. The second-order valence-electron chi connectivity index (χ2n) is 5.66. The van der Waals surface area contributed by atoms with Crippen LogP contribution in [0, 0.1) is 0 Å². The Labute approximate surface area is 135 Å². The monoisotopic (exact) mass is 309 g/mol. The molecule has 118 valence electrons. The number of rotatable bonds is 4. The standard InChI is InChI=1S/C19H19NO3/c1-12(2)23-14-6-4-13(5-7-14)10-17-16-11-15(22-3)8-9-18(16)20-19(17)21/h4-12H,1-3H3,(H,20,21)/b17-10+. The lowest BCUT2D eigenvalue weighted by atomic mass is 10.0. The van der Waals surface area contributed by atoms with Crippen molar-refractivity contribution in [3.05, 3.63) is 53.6 Å². The zero-order valence-corrected chi connectivity index (χ0v) is 13.4. The third-order valence-corrected chi connectivity index (χ3v) is 3.57. The molecule has 23 heavy (non-hydrogen) atoms. The smallest absolute Gasteiger partial charge is 0.256 e. The van der Waals surface area contributed by atoms with Gasteiger partial charge in [0.05, 0.1) is 13.2 Å². The molecule has 0 saturated heterocycles. The number of benzene rings is 2. The maximum absolute atomic E-state index is 12.2. The number of amides is 1. The Morgan fingerprint density at radius 1 is 1.04 bits per heavy atom. The topological polar surface area (TPSA) is 47.6 Å². The van der Waals surface area contributed by atoms with E-state index in [1.165, 1.54) is 0 Å². The molecule has 1 aliphatic rings. The SMILES string of the molecule is COc1ccc2c(c1)/C(=C\c1ccc(OC(C)C)cc1)C(=O)N2. The van der Waals surface area contributed by atoms with Gasteiger partial charge in [-0.2, -0.15) is 0 Å². The van der Waals surface area contributed by atoms with Gasteiger partial charge in [-0.15, -0.1) is 0 Å². The average Bonchev–Trinajstić information content (AvgIpc) is 2.84. The fourth-order valence-corrected chi connectivity index (χ4v) is 2.52. The predicted molar refractivity (Wildman–Crippen MR) is 91.7 cm³/mol. The molecule has 0 bridgehead atoms. The van der Waals surface area contributed by atoms with Crippen molar-refractivity contribution >= 4 is 23.2 Å². The number of nitrogens with one attached hydrogen (secondary N) is 1. The van der Waals surface area contributed by atoms with Gasteiger partial charge in [0.1, 0.15) is 11.5 Å². The van der Waals surface area contributed by atoms with Crippen LogP contribution in [0.3, 0.4) is 0 Å². The van der Waals surface area contributed by atoms with Crippen LogP contribution in [0.25, 0.3) is 11.6 Å². The van der Waals surface area contributed by atoms with E-state index in [1.54, 1.807) is 7.11 Å². The fraction of sp³-hybridized carbons (Fsp3) is 0.211. The van der Waals surface area contributed by atoms with Gasteiger partial charge < -0.3 is 14.8 Å². The summed E-state index contributed by atoms with van der Waals surface area (Å²) in [5.74, 6) is 1.45. The van der Waals surface area contributed by atoms with Gasteiger partial charge in [0.15, 0.2) is 0 Å². The van der Waals surface area contributed by atoms with Gasteiger partial charge in [0, 0.05) is 16.8 Å². The first kappa shape index (κ1) is 15.2. The lowest BCUT2D eigenvalue weighted by Crippen LogP contribution is -2.05. The van der Waals surface area contributed by atoms with Gasteiger partial charge in [0.25, 0.3) is 5.91 Å². The van der Waals surface area contributed by atoms with Crippen molar-refractivity contribution < 1.29 is 14.3 Å². The lowest BCUT2D eigenvalue weighted by molar-refractivity contribution is -0.110. The van der Waals surface area contributed by atoms with Crippen LogP contribution in [0.5, 0.6) is 11.5 Å². The number of carbonyl (C=O) groups is 1. The third kappa shape index (κ3) is 3.21. The van der Waals surface area contributed by atoms with Gasteiger partial charge >= 0.3 is 0 Å². The van der Waals surface area contributed by atoms with Gasteiger partial charge in [-0.1, -0.05) is 12.1 Å². The summed E-state index contributed by atoms with van der Waals surface area (Å²) < 4.78 is 10.9. The highest BCUT2D eigenvalue weighted by Gasteiger charge is 2.24. The van der Waals surface area contributed by atoms with E-state index in [0.717, 1.165) is 28.3 Å². The van der Waals surface area contributed by atoms with Gasteiger partial charge in [0.2, 0.25) is 0 Å². The first-order chi connectivity index (χ1) is 11.1. The van der Waals surface area contributed by atoms with Crippen LogP contribution in [0.2, 0.25) is 0 Å². The summed E-state index contributed by atoms with van der Waals surface area (Å²) in [4.78, 5) is 12.2. The zero-order valence-electron chi connectivity index (χ0n) is 13.4. The maximum Gasteiger partial charge on any atom is 0.256 e. The largest absolute Gasteiger partial charge is 0.497 e. The summed E-state index contributed by atoms with van der Waals surface area (Å²) in [6.45, 7) is 3.98. The van der Waals surface area contributed by atoms with Crippen LogP contribution >= 0.6 is 0 Å². The molecule has 2 aromatic carbocycles. The Hall–Kier alpha value is -2.75. The van der Waals surface area contributed by atoms with Crippen LogP contribution < -0.4 is 14.8 Å². The predicted octanol–water partition coefficient (Wildman–Crippen LogP) is 3.98. The van der Waals surface area contributed by atoms with Crippen molar-refractivity contribution in [1.82, 2.24) is 0 Å². The fourth-order valence-electron chi connectivity index (χ4n) is 2.52. The van der Waals surface area contributed by atoms with Crippen LogP contribution in [0.1, 0.15) is 25.0 Å². The normalized spacial score (nSPS) is 14.8. The summed E-state index contributed by atoms with van der Waals surface area (Å²) in [5.41, 5.74) is 3.25. The highest BCUT2D eigenvalue weighted by molar-refractivity contribution is 6.35. The van der Waals surface area contributed by atoms with Crippen molar-refractivity contribution in [2.75, 3.05) is 12.4 Å². The first-order valence-corrected chi connectivity index (χ1v) is 7.55. The highest BCUT2D eigenvalue weighted by atomic mass is 16.5. The molecule has 0 spiro atoms. The second-order valence-corrected chi connectivity index (χ2v) is 5.66. The van der Waals surface area contributed by atoms with E-state index < -0.39 is 0 Å². The molecule has 0 aliphatic carbocycles. The summed E-state index contributed by atoms with van der Waals surface area (Å²) in [5, 5.41) is 2.87. The van der Waals surface area contributed by atoms with E-state index in [2.05, 4.69) is 5.32 Å². The molecule has 0 fully saturated rings. The molecule has 0 unspecified atom stereocenters. The number of anilines is 1. The Balaban J connectivity index is 1.92. The molecule has 0 atom stereocenters. The Morgan fingerprint density at radius 3 is 2.39 bits per heavy atom. The van der Waals surface area contributed by atoms with E-state index in [4.69, 9.17) is 9.47 Å². The summed E-state index contributed by atoms with van der Waals surface area (Å²) >= 11 is 0. The molecule has 0 aromatic heterocycles. The minimum atomic E-state index is -0.101. The van der Waals surface area contributed by atoms with Crippen molar-refractivity contribution in [3.63, 3.8) is 0 Å². The Bertz CT molecular complexity index is 761. The maximum atomic E-state index is 12.2. The number of hydrogen-bond acceptors (Lipinski definition) is 3. The van der Waals surface area contributed by atoms with Crippen LogP contribution in [-0.2, 0) is 4.79 Å². The molecular formula is C19H19NO3. The lowest BCUT2D eigenvalue weighted by Gasteiger charge is -2.09. The molecular weight excluding hydrogens is 290 g/mol. The van der Waals surface area contributed by atoms with Crippen molar-refractivity contribution in [2.24, 2.45) is 0 Å². The van der Waals surface area contributed by atoms with Crippen molar-refractivity contribution in [2.45, 2.75) is 20.0 Å². The zero-order chi connectivity index (χ0) is 16.4. The number of hydrogen-bond donors (Lipinski definition) is 1. The summed E-state index contributed by atoms with van der Waals surface area (Å²) in [6.07, 6.45) is 2.01. The van der Waals surface area contributed by atoms with Crippen LogP contribution in [0.15, 0.2) is 42.5 Å².